The smallest absolute Gasteiger partial charge is 0.0843 e. The molecular weight excluding hydrogens is 160 g/mol. The molecule has 0 saturated heterocycles. The van der Waals surface area contributed by atoms with E-state index in [-0.39, 0.29) is 0 Å². The molecule has 1 rings (SSSR count). The summed E-state index contributed by atoms with van der Waals surface area (Å²) in [5.74, 6) is 1.53. The predicted octanol–water partition coefficient (Wildman–Crippen LogP) is 2.31. The van der Waals surface area contributed by atoms with Crippen molar-refractivity contribution in [2.24, 2.45) is 11.8 Å². The molecule has 0 aromatic heterocycles. The molecule has 0 spiro atoms. The Morgan fingerprint density at radius 1 is 1.38 bits per heavy atom. The average Bonchev–Trinajstić information content (AvgIpc) is 2.15. The van der Waals surface area contributed by atoms with Crippen molar-refractivity contribution in [2.75, 3.05) is 6.54 Å². The minimum Gasteiger partial charge on any atom is -0.301 e. The van der Waals surface area contributed by atoms with Crippen molar-refractivity contribution in [3.05, 3.63) is 0 Å². The topological polar surface area (TPSA) is 35.8 Å². The molecule has 1 fully saturated rings. The van der Waals surface area contributed by atoms with Gasteiger partial charge in [-0.2, -0.15) is 5.26 Å². The molecule has 74 valence electrons. The highest BCUT2D eigenvalue weighted by atomic mass is 14.9. The molecular formula is C11H20N2. The van der Waals surface area contributed by atoms with Crippen LogP contribution in [-0.4, -0.2) is 12.6 Å². The van der Waals surface area contributed by atoms with Gasteiger partial charge >= 0.3 is 0 Å². The van der Waals surface area contributed by atoms with Gasteiger partial charge in [0, 0.05) is 6.04 Å². The van der Waals surface area contributed by atoms with E-state index in [1.165, 1.54) is 25.7 Å². The summed E-state index contributed by atoms with van der Waals surface area (Å²) in [6, 6.07) is 2.75. The highest BCUT2D eigenvalue weighted by Gasteiger charge is 2.26. The molecule has 0 aromatic carbocycles. The number of rotatable bonds is 3. The van der Waals surface area contributed by atoms with Crippen molar-refractivity contribution in [3.63, 3.8) is 0 Å². The first-order chi connectivity index (χ1) is 6.25. The van der Waals surface area contributed by atoms with Crippen molar-refractivity contribution in [2.45, 2.75) is 45.6 Å². The number of nitrogens with zero attached hydrogens (tertiary/aromatic N) is 1. The molecule has 1 aliphatic carbocycles. The molecule has 2 nitrogen and oxygen atoms in total. The van der Waals surface area contributed by atoms with E-state index in [2.05, 4.69) is 25.2 Å². The molecule has 0 aliphatic heterocycles. The van der Waals surface area contributed by atoms with Crippen LogP contribution in [0.5, 0.6) is 0 Å². The van der Waals surface area contributed by atoms with Gasteiger partial charge in [-0.05, 0) is 24.7 Å². The maximum absolute atomic E-state index is 8.51. The van der Waals surface area contributed by atoms with Crippen LogP contribution < -0.4 is 5.32 Å². The summed E-state index contributed by atoms with van der Waals surface area (Å²) in [5.41, 5.74) is 0. The zero-order valence-corrected chi connectivity index (χ0v) is 8.71. The van der Waals surface area contributed by atoms with Crippen LogP contribution in [0.1, 0.15) is 39.5 Å². The Labute approximate surface area is 81.3 Å². The zero-order chi connectivity index (χ0) is 9.68. The summed E-state index contributed by atoms with van der Waals surface area (Å²) in [7, 11) is 0. The molecule has 2 atom stereocenters. The van der Waals surface area contributed by atoms with E-state index in [9.17, 15) is 0 Å². The Balaban J connectivity index is 2.42. The van der Waals surface area contributed by atoms with Crippen molar-refractivity contribution < 1.29 is 0 Å². The predicted molar refractivity (Wildman–Crippen MR) is 54.2 cm³/mol. The second-order valence-corrected chi connectivity index (χ2v) is 4.34. The van der Waals surface area contributed by atoms with E-state index in [1.807, 2.05) is 0 Å². The monoisotopic (exact) mass is 180 g/mol. The Morgan fingerprint density at radius 2 is 2.08 bits per heavy atom. The largest absolute Gasteiger partial charge is 0.301 e. The maximum atomic E-state index is 8.51. The highest BCUT2D eigenvalue weighted by molar-refractivity contribution is 4.86. The number of hydrogen-bond acceptors (Lipinski definition) is 2. The van der Waals surface area contributed by atoms with Crippen LogP contribution >= 0.6 is 0 Å². The molecule has 0 radical (unpaired) electrons. The molecule has 1 N–H and O–H groups in total. The first-order valence-corrected chi connectivity index (χ1v) is 5.36. The average molecular weight is 180 g/mol. The van der Waals surface area contributed by atoms with E-state index in [0.29, 0.717) is 12.6 Å². The van der Waals surface area contributed by atoms with E-state index in [0.717, 1.165) is 11.8 Å². The zero-order valence-electron chi connectivity index (χ0n) is 8.71. The summed E-state index contributed by atoms with van der Waals surface area (Å²) >= 11 is 0. The lowest BCUT2D eigenvalue weighted by Crippen LogP contribution is -2.40. The van der Waals surface area contributed by atoms with E-state index < -0.39 is 0 Å². The van der Waals surface area contributed by atoms with Crippen molar-refractivity contribution in [1.82, 2.24) is 5.32 Å². The third-order valence-corrected chi connectivity index (χ3v) is 3.12. The number of nitriles is 1. The quantitative estimate of drug-likeness (QED) is 0.676. The second-order valence-electron chi connectivity index (χ2n) is 4.34. The Morgan fingerprint density at radius 3 is 2.69 bits per heavy atom. The minimum atomic E-state index is 0.508. The molecule has 13 heavy (non-hydrogen) atoms. The minimum absolute atomic E-state index is 0.508. The molecule has 2 unspecified atom stereocenters. The van der Waals surface area contributed by atoms with Gasteiger partial charge in [0.1, 0.15) is 0 Å². The normalized spacial score (nSPS) is 28.8. The van der Waals surface area contributed by atoms with Gasteiger partial charge in [-0.25, -0.2) is 0 Å². The van der Waals surface area contributed by atoms with Crippen LogP contribution in [0.4, 0.5) is 0 Å². The lowest BCUT2D eigenvalue weighted by atomic mass is 9.78. The number of nitrogens with one attached hydrogen (secondary N) is 1. The van der Waals surface area contributed by atoms with Crippen molar-refractivity contribution >= 4 is 0 Å². The first kappa shape index (κ1) is 10.5. The lowest BCUT2D eigenvalue weighted by molar-refractivity contribution is 0.210. The first-order valence-electron chi connectivity index (χ1n) is 5.36. The van der Waals surface area contributed by atoms with E-state index >= 15 is 0 Å². The summed E-state index contributed by atoms with van der Waals surface area (Å²) in [4.78, 5) is 0. The Hall–Kier alpha value is -0.550. The molecule has 0 bridgehead atoms. The van der Waals surface area contributed by atoms with Gasteiger partial charge in [0.25, 0.3) is 0 Å². The fraction of sp³-hybridized carbons (Fsp3) is 0.909. The van der Waals surface area contributed by atoms with Gasteiger partial charge in [-0.15, -0.1) is 0 Å². The van der Waals surface area contributed by atoms with Crippen LogP contribution in [0.25, 0.3) is 0 Å². The molecule has 2 heteroatoms. The standard InChI is InChI=1S/C11H20N2/c1-9(2)10-5-3-4-6-11(10)13-8-7-12/h9-11,13H,3-6,8H2,1-2H3. The molecule has 1 saturated carbocycles. The fourth-order valence-corrected chi connectivity index (χ4v) is 2.39. The summed E-state index contributed by atoms with van der Waals surface area (Å²) in [6.45, 7) is 5.09. The molecule has 0 heterocycles. The van der Waals surface area contributed by atoms with Crippen LogP contribution in [-0.2, 0) is 0 Å². The van der Waals surface area contributed by atoms with Crippen LogP contribution in [0, 0.1) is 23.2 Å². The summed E-state index contributed by atoms with van der Waals surface area (Å²) < 4.78 is 0. The molecule has 0 aromatic rings. The molecule has 1 aliphatic rings. The van der Waals surface area contributed by atoms with Crippen LogP contribution in [0.15, 0.2) is 0 Å². The summed E-state index contributed by atoms with van der Waals surface area (Å²) in [5, 5.41) is 11.9. The van der Waals surface area contributed by atoms with Gasteiger partial charge < -0.3 is 5.32 Å². The number of hydrogen-bond donors (Lipinski definition) is 1. The second kappa shape index (κ2) is 5.24. The Bertz CT molecular complexity index is 181. The van der Waals surface area contributed by atoms with Crippen LogP contribution in [0.2, 0.25) is 0 Å². The van der Waals surface area contributed by atoms with Gasteiger partial charge in [0.2, 0.25) is 0 Å². The van der Waals surface area contributed by atoms with Gasteiger partial charge in [-0.1, -0.05) is 26.7 Å². The van der Waals surface area contributed by atoms with Crippen molar-refractivity contribution in [1.29, 1.82) is 5.26 Å². The third kappa shape index (κ3) is 3.00. The Kier molecular flexibility index (Phi) is 4.24. The maximum Gasteiger partial charge on any atom is 0.0843 e. The van der Waals surface area contributed by atoms with Gasteiger partial charge in [0.15, 0.2) is 0 Å². The summed E-state index contributed by atoms with van der Waals surface area (Å²) in [6.07, 6.45) is 5.28. The van der Waals surface area contributed by atoms with Crippen LogP contribution in [0.3, 0.4) is 0 Å². The van der Waals surface area contributed by atoms with Gasteiger partial charge in [-0.3, -0.25) is 0 Å². The van der Waals surface area contributed by atoms with E-state index in [4.69, 9.17) is 5.26 Å². The van der Waals surface area contributed by atoms with E-state index in [1.54, 1.807) is 0 Å². The van der Waals surface area contributed by atoms with Gasteiger partial charge in [0.05, 0.1) is 12.6 Å². The molecule has 0 amide bonds. The lowest BCUT2D eigenvalue weighted by Gasteiger charge is -2.34. The highest BCUT2D eigenvalue weighted by Crippen LogP contribution is 2.29. The SMILES string of the molecule is CC(C)C1CCCCC1NCC#N. The fourth-order valence-electron chi connectivity index (χ4n) is 2.39. The van der Waals surface area contributed by atoms with Crippen molar-refractivity contribution in [3.8, 4) is 6.07 Å². The third-order valence-electron chi connectivity index (χ3n) is 3.12.